The van der Waals surface area contributed by atoms with Crippen molar-refractivity contribution < 1.29 is 14.3 Å². The van der Waals surface area contributed by atoms with Crippen LogP contribution in [0.5, 0.6) is 11.5 Å². The molecule has 1 aromatic carbocycles. The van der Waals surface area contributed by atoms with Gasteiger partial charge in [0, 0.05) is 19.1 Å². The predicted molar refractivity (Wildman–Crippen MR) is 100 cm³/mol. The van der Waals surface area contributed by atoms with Crippen LogP contribution < -0.4 is 14.8 Å². The maximum Gasteiger partial charge on any atom is 0.223 e. The molecule has 1 aromatic rings. The Morgan fingerprint density at radius 3 is 2.92 bits per heavy atom. The van der Waals surface area contributed by atoms with E-state index < -0.39 is 0 Å². The molecule has 1 amide bonds. The fourth-order valence-corrected chi connectivity index (χ4v) is 3.39. The molecule has 0 aliphatic carbocycles. The van der Waals surface area contributed by atoms with Gasteiger partial charge in [-0.1, -0.05) is 19.4 Å². The summed E-state index contributed by atoms with van der Waals surface area (Å²) in [7, 11) is 1.62. The van der Waals surface area contributed by atoms with Crippen molar-refractivity contribution in [2.24, 2.45) is 0 Å². The number of methoxy groups -OCH3 is 1. The number of aryl methyl sites for hydroxylation is 1. The molecule has 1 heterocycles. The molecular weight excluding hydrogens is 316 g/mol. The summed E-state index contributed by atoms with van der Waals surface area (Å²) in [5, 5.41) is 3.01. The van der Waals surface area contributed by atoms with Gasteiger partial charge in [0.1, 0.15) is 0 Å². The molecule has 1 aliphatic rings. The van der Waals surface area contributed by atoms with Crippen LogP contribution in [0.15, 0.2) is 18.2 Å². The maximum atomic E-state index is 12.0. The molecule has 0 aromatic heterocycles. The SMILES string of the molecule is CCC1CCCCN1CCNC(=O)CCOc1ccc(C)cc1OC. The summed E-state index contributed by atoms with van der Waals surface area (Å²) < 4.78 is 11.0. The van der Waals surface area contributed by atoms with Gasteiger partial charge in [-0.25, -0.2) is 0 Å². The van der Waals surface area contributed by atoms with E-state index in [9.17, 15) is 4.79 Å². The molecule has 1 fully saturated rings. The smallest absolute Gasteiger partial charge is 0.223 e. The van der Waals surface area contributed by atoms with Gasteiger partial charge in [-0.3, -0.25) is 9.69 Å². The fraction of sp³-hybridized carbons (Fsp3) is 0.650. The van der Waals surface area contributed by atoms with Gasteiger partial charge in [-0.05, 0) is 50.4 Å². The molecular formula is C20H32N2O3. The number of rotatable bonds is 9. The highest BCUT2D eigenvalue weighted by Gasteiger charge is 2.20. The van der Waals surface area contributed by atoms with Crippen molar-refractivity contribution in [3.8, 4) is 11.5 Å². The molecule has 2 rings (SSSR count). The van der Waals surface area contributed by atoms with Crippen molar-refractivity contribution in [3.05, 3.63) is 23.8 Å². The molecule has 25 heavy (non-hydrogen) atoms. The third-order valence-electron chi connectivity index (χ3n) is 4.85. The number of hydrogen-bond acceptors (Lipinski definition) is 4. The van der Waals surface area contributed by atoms with Crippen LogP contribution in [0.3, 0.4) is 0 Å². The van der Waals surface area contributed by atoms with Crippen LogP contribution in [0.25, 0.3) is 0 Å². The van der Waals surface area contributed by atoms with E-state index in [1.807, 2.05) is 25.1 Å². The van der Waals surface area contributed by atoms with Crippen LogP contribution in [-0.2, 0) is 4.79 Å². The van der Waals surface area contributed by atoms with Crippen molar-refractivity contribution in [3.63, 3.8) is 0 Å². The van der Waals surface area contributed by atoms with E-state index in [0.717, 1.165) is 18.7 Å². The van der Waals surface area contributed by atoms with Crippen LogP contribution in [-0.4, -0.2) is 50.2 Å². The number of benzene rings is 1. The summed E-state index contributed by atoms with van der Waals surface area (Å²) in [5.74, 6) is 1.42. The summed E-state index contributed by atoms with van der Waals surface area (Å²) in [6.45, 7) is 7.42. The third kappa shape index (κ3) is 6.24. The van der Waals surface area contributed by atoms with Crippen LogP contribution in [0.4, 0.5) is 0 Å². The predicted octanol–water partition coefficient (Wildman–Crippen LogP) is 3.15. The molecule has 5 heteroatoms. The minimum absolute atomic E-state index is 0.0381. The quantitative estimate of drug-likeness (QED) is 0.745. The minimum atomic E-state index is 0.0381. The molecule has 5 nitrogen and oxygen atoms in total. The molecule has 1 N–H and O–H groups in total. The second-order valence-electron chi connectivity index (χ2n) is 6.70. The minimum Gasteiger partial charge on any atom is -0.493 e. The van der Waals surface area contributed by atoms with E-state index >= 15 is 0 Å². The number of amides is 1. The van der Waals surface area contributed by atoms with Crippen LogP contribution in [0.1, 0.15) is 44.6 Å². The Kier molecular flexibility index (Phi) is 8.06. The molecule has 0 saturated carbocycles. The van der Waals surface area contributed by atoms with Gasteiger partial charge in [-0.15, -0.1) is 0 Å². The number of carbonyl (C=O) groups excluding carboxylic acids is 1. The first-order chi connectivity index (χ1) is 12.1. The maximum absolute atomic E-state index is 12.0. The second kappa shape index (κ2) is 10.3. The van der Waals surface area contributed by atoms with Crippen LogP contribution >= 0.6 is 0 Å². The van der Waals surface area contributed by atoms with Gasteiger partial charge >= 0.3 is 0 Å². The molecule has 140 valence electrons. The van der Waals surface area contributed by atoms with Gasteiger partial charge in [0.15, 0.2) is 11.5 Å². The average Bonchev–Trinajstić information content (AvgIpc) is 2.63. The van der Waals surface area contributed by atoms with Gasteiger partial charge in [-0.2, -0.15) is 0 Å². The van der Waals surface area contributed by atoms with E-state index in [2.05, 4.69) is 17.1 Å². The number of carbonyl (C=O) groups is 1. The van der Waals surface area contributed by atoms with E-state index in [-0.39, 0.29) is 5.91 Å². The topological polar surface area (TPSA) is 50.8 Å². The monoisotopic (exact) mass is 348 g/mol. The van der Waals surface area contributed by atoms with Crippen molar-refractivity contribution >= 4 is 5.91 Å². The Bertz CT molecular complexity index is 548. The highest BCUT2D eigenvalue weighted by Crippen LogP contribution is 2.27. The van der Waals surface area contributed by atoms with Crippen molar-refractivity contribution in [2.45, 2.75) is 52.0 Å². The van der Waals surface area contributed by atoms with Crippen LogP contribution in [0.2, 0.25) is 0 Å². The van der Waals surface area contributed by atoms with Crippen LogP contribution in [0, 0.1) is 6.92 Å². The Labute approximate surface area is 151 Å². The summed E-state index contributed by atoms with van der Waals surface area (Å²) in [6.07, 6.45) is 5.45. The van der Waals surface area contributed by atoms with E-state index in [0.29, 0.717) is 37.1 Å². The van der Waals surface area contributed by atoms with E-state index in [1.165, 1.54) is 25.7 Å². The third-order valence-corrected chi connectivity index (χ3v) is 4.85. The second-order valence-corrected chi connectivity index (χ2v) is 6.70. The summed E-state index contributed by atoms with van der Waals surface area (Å²) >= 11 is 0. The van der Waals surface area contributed by atoms with E-state index in [4.69, 9.17) is 9.47 Å². The number of likely N-dealkylation sites (tertiary alicyclic amines) is 1. The van der Waals surface area contributed by atoms with Gasteiger partial charge < -0.3 is 14.8 Å². The molecule has 1 unspecified atom stereocenters. The zero-order valence-corrected chi connectivity index (χ0v) is 15.8. The lowest BCUT2D eigenvalue weighted by atomic mass is 10.0. The number of piperidine rings is 1. The molecule has 1 aliphatic heterocycles. The normalized spacial score (nSPS) is 18.0. The first-order valence-electron chi connectivity index (χ1n) is 9.42. The number of hydrogen-bond donors (Lipinski definition) is 1. The Morgan fingerprint density at radius 1 is 1.32 bits per heavy atom. The number of ether oxygens (including phenoxy) is 2. The summed E-state index contributed by atoms with van der Waals surface area (Å²) in [6, 6.07) is 6.47. The first kappa shape index (κ1) is 19.6. The number of nitrogens with zero attached hydrogens (tertiary/aromatic N) is 1. The van der Waals surface area contributed by atoms with Gasteiger partial charge in [0.2, 0.25) is 5.91 Å². The molecule has 0 radical (unpaired) electrons. The van der Waals surface area contributed by atoms with Crippen molar-refractivity contribution in [1.82, 2.24) is 10.2 Å². The van der Waals surface area contributed by atoms with Gasteiger partial charge in [0.25, 0.3) is 0 Å². The van der Waals surface area contributed by atoms with Crippen molar-refractivity contribution in [2.75, 3.05) is 33.4 Å². The number of nitrogens with one attached hydrogen (secondary N) is 1. The first-order valence-corrected chi connectivity index (χ1v) is 9.42. The Balaban J connectivity index is 1.65. The Morgan fingerprint density at radius 2 is 2.16 bits per heavy atom. The van der Waals surface area contributed by atoms with E-state index in [1.54, 1.807) is 7.11 Å². The van der Waals surface area contributed by atoms with Gasteiger partial charge in [0.05, 0.1) is 20.1 Å². The summed E-state index contributed by atoms with van der Waals surface area (Å²) in [4.78, 5) is 14.5. The summed E-state index contributed by atoms with van der Waals surface area (Å²) in [5.41, 5.74) is 1.12. The zero-order chi connectivity index (χ0) is 18.1. The largest absolute Gasteiger partial charge is 0.493 e. The average molecular weight is 348 g/mol. The molecule has 0 spiro atoms. The zero-order valence-electron chi connectivity index (χ0n) is 15.8. The lowest BCUT2D eigenvalue weighted by molar-refractivity contribution is -0.121. The molecule has 0 bridgehead atoms. The fourth-order valence-electron chi connectivity index (χ4n) is 3.39. The highest BCUT2D eigenvalue weighted by atomic mass is 16.5. The standard InChI is InChI=1S/C20H32N2O3/c1-4-17-7-5-6-12-22(17)13-11-21-20(23)10-14-25-18-9-8-16(2)15-19(18)24-3/h8-9,15,17H,4-7,10-14H2,1-3H3,(H,21,23). The Hall–Kier alpha value is -1.75. The highest BCUT2D eigenvalue weighted by molar-refractivity contribution is 5.75. The van der Waals surface area contributed by atoms with Crippen molar-refractivity contribution in [1.29, 1.82) is 0 Å². The lowest BCUT2D eigenvalue weighted by Gasteiger charge is -2.35. The molecule has 1 atom stereocenters. The molecule has 1 saturated heterocycles. The lowest BCUT2D eigenvalue weighted by Crippen LogP contribution is -2.43.